The zero-order valence-electron chi connectivity index (χ0n) is 25.0. The summed E-state index contributed by atoms with van der Waals surface area (Å²) in [5, 5.41) is 0. The van der Waals surface area contributed by atoms with E-state index >= 15 is 0 Å². The molecular weight excluding hydrogens is 717 g/mol. The zero-order valence-corrected chi connectivity index (χ0v) is 29.0. The highest BCUT2D eigenvalue weighted by molar-refractivity contribution is 7.91. The molecule has 3 aromatic rings. The third-order valence-electron chi connectivity index (χ3n) is 7.39. The van der Waals surface area contributed by atoms with E-state index in [4.69, 9.17) is 20.9 Å². The van der Waals surface area contributed by atoms with Crippen molar-refractivity contribution in [3.8, 4) is 11.5 Å². The number of anilines is 1. The Labute approximate surface area is 280 Å². The number of nitrogens with zero attached hydrogens (tertiary/aromatic N) is 1. The van der Waals surface area contributed by atoms with Crippen LogP contribution in [0.2, 0.25) is 6.32 Å². The second-order valence-electron chi connectivity index (χ2n) is 10.7. The smallest absolute Gasteiger partial charge is 0.397 e. The largest absolute Gasteiger partial charge is 0.457 e. The zero-order chi connectivity index (χ0) is 34.6. The first-order valence-corrected chi connectivity index (χ1v) is 21.0. The molecular formula is C28H32BClNO12S4. The molecule has 13 nitrogen and oxygen atoms in total. The van der Waals surface area contributed by atoms with Gasteiger partial charge in [0.2, 0.25) is 0 Å². The molecule has 1 aliphatic rings. The molecule has 0 aromatic heterocycles. The molecule has 0 saturated carbocycles. The maximum atomic E-state index is 12.4. The maximum Gasteiger partial charge on any atom is 0.397 e. The average Bonchev–Trinajstić information content (AvgIpc) is 2.97. The monoisotopic (exact) mass is 748 g/mol. The molecule has 1 unspecified atom stereocenters. The van der Waals surface area contributed by atoms with Crippen LogP contribution in [-0.2, 0) is 44.4 Å². The van der Waals surface area contributed by atoms with E-state index in [1.54, 1.807) is 67.8 Å². The number of fused-ring (bicyclic) bond motifs is 2. The summed E-state index contributed by atoms with van der Waals surface area (Å²) in [5.74, 6) is -1.21. The van der Waals surface area contributed by atoms with Gasteiger partial charge in [0.15, 0.2) is 27.0 Å². The molecule has 0 fully saturated rings. The van der Waals surface area contributed by atoms with Crippen LogP contribution in [0.1, 0.15) is 22.6 Å². The van der Waals surface area contributed by atoms with E-state index in [-0.39, 0.29) is 40.9 Å². The van der Waals surface area contributed by atoms with Crippen molar-refractivity contribution < 1.29 is 51.7 Å². The van der Waals surface area contributed by atoms with Gasteiger partial charge in [-0.1, -0.05) is 48.2 Å². The Kier molecular flexibility index (Phi) is 11.7. The van der Waals surface area contributed by atoms with Crippen molar-refractivity contribution in [3.63, 3.8) is 0 Å². The van der Waals surface area contributed by atoms with Crippen molar-refractivity contribution in [3.05, 3.63) is 77.4 Å². The number of hydrogen-bond acceptors (Lipinski definition) is 11. The van der Waals surface area contributed by atoms with Gasteiger partial charge in [-0.2, -0.15) is 16.8 Å². The Balaban J connectivity index is 1.65. The van der Waals surface area contributed by atoms with E-state index in [2.05, 4.69) is 4.18 Å². The first kappa shape index (κ1) is 37.1. The molecule has 0 saturated heterocycles. The lowest BCUT2D eigenvalue weighted by molar-refractivity contribution is 0.284. The second-order valence-corrected chi connectivity index (χ2v) is 18.2. The highest BCUT2D eigenvalue weighted by Gasteiger charge is 2.33. The molecule has 1 aliphatic heterocycles. The normalized spacial score (nSPS) is 14.9. The van der Waals surface area contributed by atoms with Crippen LogP contribution in [0.15, 0.2) is 65.6 Å². The second kappa shape index (κ2) is 14.8. The fourth-order valence-corrected chi connectivity index (χ4v) is 8.91. The summed E-state index contributed by atoms with van der Waals surface area (Å²) in [6.07, 6.45) is 0.226. The van der Waals surface area contributed by atoms with Crippen LogP contribution in [0, 0.1) is 0 Å². The van der Waals surface area contributed by atoms with Crippen LogP contribution >= 0.6 is 11.6 Å². The Morgan fingerprint density at radius 3 is 2.11 bits per heavy atom. The van der Waals surface area contributed by atoms with Gasteiger partial charge in [-0.05, 0) is 23.8 Å². The lowest BCUT2D eigenvalue weighted by atomic mass is 9.67. The molecule has 19 heteroatoms. The van der Waals surface area contributed by atoms with Gasteiger partial charge >= 0.3 is 10.4 Å². The number of halogens is 1. The number of benzene rings is 3. The molecule has 0 bridgehead atoms. The molecule has 0 amide bonds. The van der Waals surface area contributed by atoms with E-state index in [9.17, 15) is 38.2 Å². The van der Waals surface area contributed by atoms with Gasteiger partial charge < -0.3 is 9.64 Å². The third kappa shape index (κ3) is 10.1. The van der Waals surface area contributed by atoms with Crippen molar-refractivity contribution in [2.75, 3.05) is 54.0 Å². The summed E-state index contributed by atoms with van der Waals surface area (Å²) in [5.41, 5.74) is 2.67. The van der Waals surface area contributed by atoms with Gasteiger partial charge in [-0.15, -0.1) is 11.6 Å². The minimum atomic E-state index is -4.77. The van der Waals surface area contributed by atoms with Crippen LogP contribution in [0.5, 0.6) is 11.5 Å². The van der Waals surface area contributed by atoms with Crippen molar-refractivity contribution in [1.29, 1.82) is 0 Å². The molecule has 2 N–H and O–H groups in total. The SMILES string of the molecule is CN(CCS(=O)(=O)CCOS(=O)(=O)O)c1ccc2c(c1)Oc1cc([B]CCS(=O)(=O)CCCl)ccc1C2c1ccccc1S(=O)(=O)O. The molecule has 255 valence electrons. The summed E-state index contributed by atoms with van der Waals surface area (Å²) >= 11 is 5.59. The van der Waals surface area contributed by atoms with Crippen LogP contribution in [-0.4, -0.2) is 99.1 Å². The fourth-order valence-electron chi connectivity index (χ4n) is 5.07. The minimum Gasteiger partial charge on any atom is -0.457 e. The van der Waals surface area contributed by atoms with Gasteiger partial charge in [-0.25, -0.2) is 21.0 Å². The quantitative estimate of drug-likeness (QED) is 0.0962. The lowest BCUT2D eigenvalue weighted by Gasteiger charge is -2.31. The average molecular weight is 749 g/mol. The van der Waals surface area contributed by atoms with Crippen molar-refractivity contribution in [2.24, 2.45) is 0 Å². The topological polar surface area (TPSA) is 199 Å². The predicted molar refractivity (Wildman–Crippen MR) is 179 cm³/mol. The molecule has 4 rings (SSSR count). The number of alkyl halides is 1. The van der Waals surface area contributed by atoms with Crippen molar-refractivity contribution in [1.82, 2.24) is 0 Å². The van der Waals surface area contributed by atoms with Crippen molar-refractivity contribution in [2.45, 2.75) is 17.1 Å². The Hall–Kier alpha value is -2.71. The van der Waals surface area contributed by atoms with Crippen molar-refractivity contribution >= 4 is 70.2 Å². The van der Waals surface area contributed by atoms with Gasteiger partial charge in [0.25, 0.3) is 10.1 Å². The fraction of sp³-hybridized carbons (Fsp3) is 0.357. The standard InChI is InChI=1S/C28H32BClNO12S4/c1-31(12-16-45(34,35)17-13-42-47(39,40)41)21-7-9-23-26(19-21)43-25-18-20(29-10-14-44(32,33)15-11-30)6-8-22(25)28(23)24-4-2-3-5-27(24)46(36,37)38/h2-9,18-19,28H,10-17H2,1H3,(H,36,37,38)(H,39,40,41). The van der Waals surface area contributed by atoms with Crippen LogP contribution in [0.4, 0.5) is 5.69 Å². The first-order valence-electron chi connectivity index (χ1n) is 14.0. The molecule has 1 heterocycles. The highest BCUT2D eigenvalue weighted by atomic mass is 35.5. The number of ether oxygens (including phenoxy) is 1. The van der Waals surface area contributed by atoms with E-state index in [1.807, 2.05) is 0 Å². The molecule has 0 aliphatic carbocycles. The van der Waals surface area contributed by atoms with E-state index in [1.165, 1.54) is 12.1 Å². The molecule has 1 radical (unpaired) electrons. The van der Waals surface area contributed by atoms with Crippen LogP contribution < -0.4 is 15.1 Å². The Morgan fingerprint density at radius 2 is 1.45 bits per heavy atom. The summed E-state index contributed by atoms with van der Waals surface area (Å²) in [6.45, 7) is -0.726. The van der Waals surface area contributed by atoms with E-state index in [0.717, 1.165) is 0 Å². The van der Waals surface area contributed by atoms with Gasteiger partial charge in [0.1, 0.15) is 11.5 Å². The number of sulfone groups is 2. The number of hydrogen-bond donors (Lipinski definition) is 2. The predicted octanol–water partition coefficient (Wildman–Crippen LogP) is 2.29. The summed E-state index contributed by atoms with van der Waals surface area (Å²) < 4.78 is 124. The minimum absolute atomic E-state index is 0.000147. The maximum absolute atomic E-state index is 12.4. The lowest BCUT2D eigenvalue weighted by Crippen LogP contribution is -2.28. The Bertz CT molecular complexity index is 2060. The summed E-state index contributed by atoms with van der Waals surface area (Å²) in [7, 11) is -13.1. The summed E-state index contributed by atoms with van der Waals surface area (Å²) in [6, 6.07) is 16.3. The highest BCUT2D eigenvalue weighted by Crippen LogP contribution is 2.49. The Morgan fingerprint density at radius 1 is 0.809 bits per heavy atom. The third-order valence-corrected chi connectivity index (χ3v) is 12.5. The summed E-state index contributed by atoms with van der Waals surface area (Å²) in [4.78, 5) is 1.35. The molecule has 3 aromatic carbocycles. The van der Waals surface area contributed by atoms with E-state index < -0.39 is 58.5 Å². The van der Waals surface area contributed by atoms with Gasteiger partial charge in [-0.3, -0.25) is 9.11 Å². The first-order chi connectivity index (χ1) is 21.9. The van der Waals surface area contributed by atoms with Crippen LogP contribution in [0.25, 0.3) is 0 Å². The van der Waals surface area contributed by atoms with Crippen LogP contribution in [0.3, 0.4) is 0 Å². The van der Waals surface area contributed by atoms with Gasteiger partial charge in [0.05, 0.1) is 28.8 Å². The molecule has 47 heavy (non-hydrogen) atoms. The molecule has 1 atom stereocenters. The number of rotatable bonds is 16. The molecule has 0 spiro atoms. The van der Waals surface area contributed by atoms with Gasteiger partial charge in [0, 0.05) is 54.0 Å². The van der Waals surface area contributed by atoms with E-state index in [0.29, 0.717) is 39.3 Å².